The van der Waals surface area contributed by atoms with Crippen molar-refractivity contribution in [1.29, 1.82) is 0 Å². The summed E-state index contributed by atoms with van der Waals surface area (Å²) in [5.41, 5.74) is 0. The van der Waals surface area contributed by atoms with Gasteiger partial charge >= 0.3 is 0 Å². The third kappa shape index (κ3) is 7.02. The highest BCUT2D eigenvalue weighted by molar-refractivity contribution is 7.89. The van der Waals surface area contributed by atoms with Gasteiger partial charge in [0.15, 0.2) is 0 Å². The minimum absolute atomic E-state index is 0.216. The number of sulfonamides is 1. The van der Waals surface area contributed by atoms with Crippen molar-refractivity contribution in [2.45, 2.75) is 52.6 Å². The minimum Gasteiger partial charge on any atom is -0.314 e. The Kier molecular flexibility index (Phi) is 7.43. The summed E-state index contributed by atoms with van der Waals surface area (Å²) >= 11 is 0. The van der Waals surface area contributed by atoms with E-state index in [1.54, 1.807) is 0 Å². The van der Waals surface area contributed by atoms with Crippen LogP contribution in [0.1, 0.15) is 40.5 Å². The number of nitrogens with zero attached hydrogens (tertiary/aromatic N) is 1. The van der Waals surface area contributed by atoms with E-state index in [-0.39, 0.29) is 5.75 Å². The molecule has 6 heteroatoms. The van der Waals surface area contributed by atoms with Gasteiger partial charge in [0.1, 0.15) is 0 Å². The van der Waals surface area contributed by atoms with Crippen LogP contribution in [0, 0.1) is 5.92 Å². The van der Waals surface area contributed by atoms with Gasteiger partial charge in [-0.05, 0) is 45.7 Å². The molecular formula is C14H31N3O2S. The molecule has 0 bridgehead atoms. The number of nitrogens with one attached hydrogen (secondary N) is 2. The highest BCUT2D eigenvalue weighted by atomic mass is 32.2. The number of hydrogen-bond acceptors (Lipinski definition) is 4. The summed E-state index contributed by atoms with van der Waals surface area (Å²) in [6.07, 6.45) is 1.76. The molecule has 0 aromatic rings. The van der Waals surface area contributed by atoms with Gasteiger partial charge in [0, 0.05) is 25.2 Å². The summed E-state index contributed by atoms with van der Waals surface area (Å²) in [6, 6.07) is 0.963. The fraction of sp³-hybridized carbons (Fsp3) is 1.00. The van der Waals surface area contributed by atoms with Crippen molar-refractivity contribution in [3.05, 3.63) is 0 Å². The van der Waals surface area contributed by atoms with Crippen molar-refractivity contribution in [3.63, 3.8) is 0 Å². The molecule has 0 aliphatic carbocycles. The summed E-state index contributed by atoms with van der Waals surface area (Å²) in [7, 11) is -3.11. The van der Waals surface area contributed by atoms with E-state index in [4.69, 9.17) is 0 Å². The first-order chi connectivity index (χ1) is 9.30. The standard InChI is InChI=1S/C14H31N3O2S/c1-12(2)15-7-5-9-20(18,19)16-10-14-6-8-17(11-14)13(3)4/h12-16H,5-11H2,1-4H3. The van der Waals surface area contributed by atoms with Crippen LogP contribution in [0.2, 0.25) is 0 Å². The lowest BCUT2D eigenvalue weighted by Gasteiger charge is -2.20. The molecule has 0 aromatic carbocycles. The second-order valence-electron chi connectivity index (χ2n) is 6.37. The van der Waals surface area contributed by atoms with Gasteiger partial charge < -0.3 is 10.2 Å². The molecule has 0 amide bonds. The Hall–Kier alpha value is -0.170. The lowest BCUT2D eigenvalue weighted by molar-refractivity contribution is 0.265. The van der Waals surface area contributed by atoms with Crippen LogP contribution in [0.4, 0.5) is 0 Å². The first kappa shape index (κ1) is 17.9. The van der Waals surface area contributed by atoms with Crippen LogP contribution in [0.3, 0.4) is 0 Å². The Bertz CT molecular complexity index is 369. The Morgan fingerprint density at radius 3 is 2.50 bits per heavy atom. The molecule has 0 spiro atoms. The molecule has 5 nitrogen and oxygen atoms in total. The number of hydrogen-bond donors (Lipinski definition) is 2. The molecule has 0 radical (unpaired) electrons. The van der Waals surface area contributed by atoms with Crippen LogP contribution >= 0.6 is 0 Å². The zero-order valence-corrected chi connectivity index (χ0v) is 14.2. The largest absolute Gasteiger partial charge is 0.314 e. The lowest BCUT2D eigenvalue weighted by Crippen LogP contribution is -2.35. The molecule has 1 saturated heterocycles. The SMILES string of the molecule is CC(C)NCCCS(=O)(=O)NCC1CCN(C(C)C)C1. The van der Waals surface area contributed by atoms with Gasteiger partial charge in [0.2, 0.25) is 10.0 Å². The first-order valence-electron chi connectivity index (χ1n) is 7.75. The Morgan fingerprint density at radius 1 is 1.25 bits per heavy atom. The van der Waals surface area contributed by atoms with E-state index in [0.717, 1.165) is 26.1 Å². The zero-order valence-electron chi connectivity index (χ0n) is 13.4. The Labute approximate surface area is 124 Å². The predicted octanol–water partition coefficient (Wildman–Crippen LogP) is 1.02. The highest BCUT2D eigenvalue weighted by Gasteiger charge is 2.25. The van der Waals surface area contributed by atoms with Gasteiger partial charge in [0.25, 0.3) is 0 Å². The number of rotatable bonds is 9. The summed E-state index contributed by atoms with van der Waals surface area (Å²) in [5, 5.41) is 3.23. The van der Waals surface area contributed by atoms with E-state index < -0.39 is 10.0 Å². The molecule has 1 atom stereocenters. The fourth-order valence-corrected chi connectivity index (χ4v) is 3.63. The van der Waals surface area contributed by atoms with Crippen molar-refractivity contribution < 1.29 is 8.42 Å². The molecular weight excluding hydrogens is 274 g/mol. The molecule has 1 fully saturated rings. The highest BCUT2D eigenvalue weighted by Crippen LogP contribution is 2.17. The van der Waals surface area contributed by atoms with Crippen LogP contribution < -0.4 is 10.0 Å². The molecule has 1 aliphatic rings. The van der Waals surface area contributed by atoms with Crippen LogP contribution in [-0.4, -0.2) is 57.3 Å². The predicted molar refractivity (Wildman–Crippen MR) is 84.4 cm³/mol. The maximum Gasteiger partial charge on any atom is 0.211 e. The fourth-order valence-electron chi connectivity index (χ4n) is 2.47. The van der Waals surface area contributed by atoms with E-state index in [1.807, 2.05) is 0 Å². The summed E-state index contributed by atoms with van der Waals surface area (Å²) in [6.45, 7) is 11.9. The number of likely N-dealkylation sites (tertiary alicyclic amines) is 1. The minimum atomic E-state index is -3.11. The van der Waals surface area contributed by atoms with E-state index >= 15 is 0 Å². The molecule has 2 N–H and O–H groups in total. The summed E-state index contributed by atoms with van der Waals surface area (Å²) in [4.78, 5) is 2.41. The van der Waals surface area contributed by atoms with Gasteiger partial charge in [-0.1, -0.05) is 13.8 Å². The molecule has 0 aromatic heterocycles. The van der Waals surface area contributed by atoms with E-state index in [1.165, 1.54) is 0 Å². The normalized spacial score (nSPS) is 21.2. The maximum absolute atomic E-state index is 11.9. The molecule has 1 rings (SSSR count). The van der Waals surface area contributed by atoms with E-state index in [2.05, 4.69) is 42.6 Å². The summed E-state index contributed by atoms with van der Waals surface area (Å²) < 4.78 is 26.6. The first-order valence-corrected chi connectivity index (χ1v) is 9.40. The second-order valence-corrected chi connectivity index (χ2v) is 8.30. The van der Waals surface area contributed by atoms with E-state index in [0.29, 0.717) is 31.0 Å². The molecule has 1 aliphatic heterocycles. The molecule has 0 saturated carbocycles. The van der Waals surface area contributed by atoms with Gasteiger partial charge in [0.05, 0.1) is 5.75 Å². The second kappa shape index (κ2) is 8.32. The van der Waals surface area contributed by atoms with Crippen molar-refractivity contribution in [1.82, 2.24) is 14.9 Å². The van der Waals surface area contributed by atoms with Gasteiger partial charge in [-0.2, -0.15) is 0 Å². The van der Waals surface area contributed by atoms with Crippen LogP contribution in [0.25, 0.3) is 0 Å². The topological polar surface area (TPSA) is 61.4 Å². The van der Waals surface area contributed by atoms with E-state index in [9.17, 15) is 8.42 Å². The van der Waals surface area contributed by atoms with Crippen molar-refractivity contribution >= 4 is 10.0 Å². The molecule has 1 unspecified atom stereocenters. The van der Waals surface area contributed by atoms with Crippen molar-refractivity contribution in [2.24, 2.45) is 5.92 Å². The van der Waals surface area contributed by atoms with Gasteiger partial charge in [-0.3, -0.25) is 0 Å². The Morgan fingerprint density at radius 2 is 1.95 bits per heavy atom. The van der Waals surface area contributed by atoms with Crippen LogP contribution in [0.5, 0.6) is 0 Å². The van der Waals surface area contributed by atoms with Crippen molar-refractivity contribution in [3.8, 4) is 0 Å². The maximum atomic E-state index is 11.9. The zero-order chi connectivity index (χ0) is 15.2. The summed E-state index contributed by atoms with van der Waals surface area (Å²) in [5.74, 6) is 0.675. The monoisotopic (exact) mass is 305 g/mol. The van der Waals surface area contributed by atoms with Crippen LogP contribution in [-0.2, 0) is 10.0 Å². The van der Waals surface area contributed by atoms with Crippen molar-refractivity contribution in [2.75, 3.05) is 31.9 Å². The average Bonchev–Trinajstić information content (AvgIpc) is 2.81. The quantitative estimate of drug-likeness (QED) is 0.625. The lowest BCUT2D eigenvalue weighted by atomic mass is 10.1. The smallest absolute Gasteiger partial charge is 0.211 e. The molecule has 1 heterocycles. The van der Waals surface area contributed by atoms with Gasteiger partial charge in [-0.25, -0.2) is 13.1 Å². The Balaban J connectivity index is 2.20. The average molecular weight is 305 g/mol. The van der Waals surface area contributed by atoms with Gasteiger partial charge in [-0.15, -0.1) is 0 Å². The molecule has 120 valence electrons. The third-order valence-corrected chi connectivity index (χ3v) is 5.21. The third-order valence-electron chi connectivity index (χ3n) is 3.78. The molecule has 20 heavy (non-hydrogen) atoms. The van der Waals surface area contributed by atoms with Crippen LogP contribution in [0.15, 0.2) is 0 Å².